The van der Waals surface area contributed by atoms with Gasteiger partial charge in [0.05, 0.1) is 13.2 Å². The molecule has 12 heavy (non-hydrogen) atoms. The molecule has 0 aromatic heterocycles. The highest BCUT2D eigenvalue weighted by Gasteiger charge is 2.21. The fourth-order valence-electron chi connectivity index (χ4n) is 0.807. The molecule has 0 aliphatic carbocycles. The van der Waals surface area contributed by atoms with Gasteiger partial charge in [-0.2, -0.15) is 0 Å². The summed E-state index contributed by atoms with van der Waals surface area (Å²) >= 11 is 0. The molecule has 1 atom stereocenters. The van der Waals surface area contributed by atoms with Gasteiger partial charge in [-0.15, -0.1) is 0 Å². The standard InChI is InChI=1S/C6H7N3O3/c1-11-6(10)5-2-4(3-12-5)8-9-7/h2,4H,3H2,1H3. The third-order valence-electron chi connectivity index (χ3n) is 1.34. The maximum Gasteiger partial charge on any atom is 0.372 e. The maximum absolute atomic E-state index is 10.8. The number of methoxy groups -OCH3 is 1. The van der Waals surface area contributed by atoms with Crippen LogP contribution in [-0.4, -0.2) is 25.7 Å². The van der Waals surface area contributed by atoms with Crippen molar-refractivity contribution in [2.24, 2.45) is 5.11 Å². The first-order valence-corrected chi connectivity index (χ1v) is 3.25. The third-order valence-corrected chi connectivity index (χ3v) is 1.34. The fraction of sp³-hybridized carbons (Fsp3) is 0.500. The van der Waals surface area contributed by atoms with Crippen molar-refractivity contribution in [3.05, 3.63) is 22.3 Å². The van der Waals surface area contributed by atoms with Crippen molar-refractivity contribution >= 4 is 5.97 Å². The van der Waals surface area contributed by atoms with Crippen LogP contribution < -0.4 is 0 Å². The average molecular weight is 169 g/mol. The Morgan fingerprint density at radius 1 is 2.00 bits per heavy atom. The quantitative estimate of drug-likeness (QED) is 0.264. The van der Waals surface area contributed by atoms with Crippen molar-refractivity contribution in [3.63, 3.8) is 0 Å². The predicted molar refractivity (Wildman–Crippen MR) is 39.0 cm³/mol. The first-order chi connectivity index (χ1) is 5.77. The lowest BCUT2D eigenvalue weighted by Gasteiger charge is -1.98. The number of esters is 1. The van der Waals surface area contributed by atoms with Crippen molar-refractivity contribution in [2.45, 2.75) is 6.04 Å². The Balaban J connectivity index is 2.65. The SMILES string of the molecule is COC(=O)C1=CC(N=[N+]=[N-])CO1. The Hall–Kier alpha value is -1.68. The van der Waals surface area contributed by atoms with E-state index in [9.17, 15) is 4.79 Å². The predicted octanol–water partition coefficient (Wildman–Crippen LogP) is 0.752. The van der Waals surface area contributed by atoms with E-state index in [0.717, 1.165) is 0 Å². The summed E-state index contributed by atoms with van der Waals surface area (Å²) in [5.74, 6) is -0.444. The van der Waals surface area contributed by atoms with E-state index in [1.165, 1.54) is 13.2 Å². The molecule has 1 heterocycles. The largest absolute Gasteiger partial charge is 0.486 e. The van der Waals surface area contributed by atoms with Crippen LogP contribution >= 0.6 is 0 Å². The molecule has 0 bridgehead atoms. The van der Waals surface area contributed by atoms with Gasteiger partial charge in [0, 0.05) is 4.91 Å². The smallest absolute Gasteiger partial charge is 0.372 e. The Morgan fingerprint density at radius 2 is 2.75 bits per heavy atom. The van der Waals surface area contributed by atoms with Gasteiger partial charge in [-0.25, -0.2) is 4.79 Å². The zero-order chi connectivity index (χ0) is 8.97. The minimum absolute atomic E-state index is 0.106. The summed E-state index contributed by atoms with van der Waals surface area (Å²) < 4.78 is 9.29. The molecule has 1 unspecified atom stereocenters. The summed E-state index contributed by atoms with van der Waals surface area (Å²) in [7, 11) is 1.26. The van der Waals surface area contributed by atoms with E-state index in [1.807, 2.05) is 0 Å². The lowest BCUT2D eigenvalue weighted by atomic mass is 10.3. The Bertz CT molecular complexity index is 267. The number of hydrogen-bond donors (Lipinski definition) is 0. The molecule has 1 rings (SSSR count). The molecule has 0 saturated heterocycles. The van der Waals surface area contributed by atoms with Crippen LogP contribution in [-0.2, 0) is 14.3 Å². The van der Waals surface area contributed by atoms with E-state index in [1.54, 1.807) is 0 Å². The molecule has 0 fully saturated rings. The van der Waals surface area contributed by atoms with Gasteiger partial charge in [0.15, 0.2) is 0 Å². The molecular weight excluding hydrogens is 162 g/mol. The van der Waals surface area contributed by atoms with Gasteiger partial charge in [0.1, 0.15) is 6.61 Å². The minimum atomic E-state index is -0.550. The molecular formula is C6H7N3O3. The molecule has 0 N–H and O–H groups in total. The highest BCUT2D eigenvalue weighted by atomic mass is 16.6. The Labute approximate surface area is 68.4 Å². The average Bonchev–Trinajstić information content (AvgIpc) is 2.52. The maximum atomic E-state index is 10.8. The molecule has 0 radical (unpaired) electrons. The molecule has 0 spiro atoms. The summed E-state index contributed by atoms with van der Waals surface area (Å²) in [6, 6.07) is -0.399. The second-order valence-electron chi connectivity index (χ2n) is 2.11. The molecule has 0 saturated carbocycles. The van der Waals surface area contributed by atoms with Crippen LogP contribution in [0, 0.1) is 0 Å². The second kappa shape index (κ2) is 3.64. The topological polar surface area (TPSA) is 84.3 Å². The Kier molecular flexibility index (Phi) is 2.55. The molecule has 0 amide bonds. The molecule has 6 nitrogen and oxygen atoms in total. The molecule has 64 valence electrons. The van der Waals surface area contributed by atoms with Gasteiger partial charge < -0.3 is 9.47 Å². The summed E-state index contributed by atoms with van der Waals surface area (Å²) in [5.41, 5.74) is 8.07. The van der Waals surface area contributed by atoms with Gasteiger partial charge in [0.2, 0.25) is 5.76 Å². The first-order valence-electron chi connectivity index (χ1n) is 3.25. The van der Waals surface area contributed by atoms with Crippen LogP contribution in [0.5, 0.6) is 0 Å². The number of azide groups is 1. The van der Waals surface area contributed by atoms with Gasteiger partial charge in [-0.05, 0) is 11.6 Å². The zero-order valence-electron chi connectivity index (χ0n) is 6.43. The normalized spacial score (nSPS) is 20.4. The van der Waals surface area contributed by atoms with E-state index < -0.39 is 12.0 Å². The summed E-state index contributed by atoms with van der Waals surface area (Å²) in [6.07, 6.45) is 1.44. The third kappa shape index (κ3) is 1.67. The van der Waals surface area contributed by atoms with E-state index in [0.29, 0.717) is 0 Å². The first kappa shape index (κ1) is 8.42. The molecule has 6 heteroatoms. The summed E-state index contributed by atoms with van der Waals surface area (Å²) in [6.45, 7) is 0.203. The summed E-state index contributed by atoms with van der Waals surface area (Å²) in [4.78, 5) is 13.4. The van der Waals surface area contributed by atoms with Crippen LogP contribution in [0.3, 0.4) is 0 Å². The number of carbonyl (C=O) groups excluding carboxylic acids is 1. The number of rotatable bonds is 2. The van der Waals surface area contributed by atoms with Crippen LogP contribution in [0.4, 0.5) is 0 Å². The summed E-state index contributed by atoms with van der Waals surface area (Å²) in [5, 5.41) is 3.36. The van der Waals surface area contributed by atoms with E-state index in [-0.39, 0.29) is 12.4 Å². The van der Waals surface area contributed by atoms with Crippen molar-refractivity contribution < 1.29 is 14.3 Å². The van der Waals surface area contributed by atoms with E-state index in [4.69, 9.17) is 10.3 Å². The highest BCUT2D eigenvalue weighted by Crippen LogP contribution is 2.13. The van der Waals surface area contributed by atoms with E-state index in [2.05, 4.69) is 14.8 Å². The van der Waals surface area contributed by atoms with Crippen molar-refractivity contribution in [2.75, 3.05) is 13.7 Å². The monoisotopic (exact) mass is 169 g/mol. The molecule has 0 aromatic carbocycles. The van der Waals surface area contributed by atoms with Gasteiger partial charge in [0.25, 0.3) is 0 Å². The van der Waals surface area contributed by atoms with Crippen molar-refractivity contribution in [1.29, 1.82) is 0 Å². The number of ether oxygens (including phenoxy) is 2. The van der Waals surface area contributed by atoms with Crippen molar-refractivity contribution in [1.82, 2.24) is 0 Å². The van der Waals surface area contributed by atoms with Gasteiger partial charge in [-0.1, -0.05) is 5.11 Å². The van der Waals surface area contributed by atoms with Crippen LogP contribution in [0.25, 0.3) is 10.4 Å². The van der Waals surface area contributed by atoms with Crippen molar-refractivity contribution in [3.8, 4) is 0 Å². The van der Waals surface area contributed by atoms with Crippen LogP contribution in [0.2, 0.25) is 0 Å². The van der Waals surface area contributed by atoms with Crippen LogP contribution in [0.15, 0.2) is 16.9 Å². The number of nitrogens with zero attached hydrogens (tertiary/aromatic N) is 3. The molecule has 1 aliphatic rings. The van der Waals surface area contributed by atoms with Gasteiger partial charge in [-0.3, -0.25) is 0 Å². The Morgan fingerprint density at radius 3 is 3.33 bits per heavy atom. The van der Waals surface area contributed by atoms with Crippen LogP contribution in [0.1, 0.15) is 0 Å². The zero-order valence-corrected chi connectivity index (χ0v) is 6.43. The van der Waals surface area contributed by atoms with E-state index >= 15 is 0 Å². The molecule has 0 aromatic rings. The highest BCUT2D eigenvalue weighted by molar-refractivity contribution is 5.86. The lowest BCUT2D eigenvalue weighted by Crippen LogP contribution is -2.04. The fourth-order valence-corrected chi connectivity index (χ4v) is 0.807. The lowest BCUT2D eigenvalue weighted by molar-refractivity contribution is -0.139. The minimum Gasteiger partial charge on any atom is -0.486 e. The number of hydrogen-bond acceptors (Lipinski definition) is 4. The second-order valence-corrected chi connectivity index (χ2v) is 2.11. The van der Waals surface area contributed by atoms with Gasteiger partial charge >= 0.3 is 5.97 Å². The molecule has 1 aliphatic heterocycles. The number of carbonyl (C=O) groups is 1.